The molecule has 1 N–H and O–H groups in total. The van der Waals surface area contributed by atoms with Crippen molar-refractivity contribution in [3.63, 3.8) is 0 Å². The van der Waals surface area contributed by atoms with Crippen LogP contribution in [0.15, 0.2) is 65.1 Å². The molecule has 0 saturated carbocycles. The van der Waals surface area contributed by atoms with Gasteiger partial charge in [-0.25, -0.2) is 4.98 Å². The Hall–Kier alpha value is -3.60. The van der Waals surface area contributed by atoms with Crippen molar-refractivity contribution in [3.05, 3.63) is 77.4 Å². The number of carbonyl (C=O) groups excluding carboxylic acids is 1. The number of hydrogen-bond acceptors (Lipinski definition) is 4. The summed E-state index contributed by atoms with van der Waals surface area (Å²) in [6.45, 7) is 8.38. The number of nitrogens with zero attached hydrogens (tertiary/aromatic N) is 1. The van der Waals surface area contributed by atoms with Gasteiger partial charge in [-0.2, -0.15) is 0 Å². The number of fused-ring (bicyclic) bond motifs is 1. The Kier molecular flexibility index (Phi) is 6.26. The van der Waals surface area contributed by atoms with E-state index in [1.165, 1.54) is 5.56 Å². The Morgan fingerprint density at radius 3 is 2.47 bits per heavy atom. The molecule has 5 nitrogen and oxygen atoms in total. The van der Waals surface area contributed by atoms with E-state index < -0.39 is 0 Å². The first-order valence-corrected chi connectivity index (χ1v) is 10.9. The molecular formula is C27H28N2O3. The highest BCUT2D eigenvalue weighted by Gasteiger charge is 2.11. The molecule has 1 atom stereocenters. The fourth-order valence-corrected chi connectivity index (χ4v) is 3.67. The minimum Gasteiger partial charge on any atom is -0.484 e. The smallest absolute Gasteiger partial charge is 0.262 e. The molecule has 0 fully saturated rings. The quantitative estimate of drug-likeness (QED) is 0.358. The number of hydrogen-bond donors (Lipinski definition) is 1. The Balaban J connectivity index is 1.36. The predicted molar refractivity (Wildman–Crippen MR) is 128 cm³/mol. The van der Waals surface area contributed by atoms with Gasteiger partial charge in [-0.1, -0.05) is 32.0 Å². The number of nitrogens with one attached hydrogen (secondary N) is 1. The second kappa shape index (κ2) is 9.27. The summed E-state index contributed by atoms with van der Waals surface area (Å²) in [4.78, 5) is 16.9. The van der Waals surface area contributed by atoms with Gasteiger partial charge in [-0.3, -0.25) is 4.79 Å². The third kappa shape index (κ3) is 4.83. The first-order valence-electron chi connectivity index (χ1n) is 10.9. The van der Waals surface area contributed by atoms with Gasteiger partial charge in [0.05, 0.1) is 0 Å². The number of rotatable bonds is 7. The van der Waals surface area contributed by atoms with E-state index >= 15 is 0 Å². The van der Waals surface area contributed by atoms with Gasteiger partial charge < -0.3 is 14.5 Å². The first-order chi connectivity index (χ1) is 15.4. The van der Waals surface area contributed by atoms with E-state index in [0.717, 1.165) is 34.2 Å². The zero-order valence-electron chi connectivity index (χ0n) is 18.9. The molecule has 32 heavy (non-hydrogen) atoms. The van der Waals surface area contributed by atoms with Crippen molar-refractivity contribution in [1.29, 1.82) is 0 Å². The number of oxazole rings is 1. The van der Waals surface area contributed by atoms with Crippen molar-refractivity contribution in [2.24, 2.45) is 0 Å². The van der Waals surface area contributed by atoms with Crippen molar-refractivity contribution in [2.75, 3.05) is 11.9 Å². The fraction of sp³-hybridized carbons (Fsp3) is 0.259. The van der Waals surface area contributed by atoms with Crippen LogP contribution in [0.1, 0.15) is 42.9 Å². The Morgan fingerprint density at radius 2 is 1.78 bits per heavy atom. The van der Waals surface area contributed by atoms with Crippen LogP contribution in [0.3, 0.4) is 0 Å². The van der Waals surface area contributed by atoms with Crippen molar-refractivity contribution in [2.45, 2.75) is 40.0 Å². The van der Waals surface area contributed by atoms with E-state index in [2.05, 4.69) is 42.3 Å². The predicted octanol–water partition coefficient (Wildman–Crippen LogP) is 6.64. The van der Waals surface area contributed by atoms with Crippen LogP contribution in [0.5, 0.6) is 5.75 Å². The molecule has 0 spiro atoms. The molecule has 1 amide bonds. The highest BCUT2D eigenvalue weighted by atomic mass is 16.5. The summed E-state index contributed by atoms with van der Waals surface area (Å²) in [5.41, 5.74) is 6.69. The minimum atomic E-state index is -0.211. The number of carbonyl (C=O) groups is 1. The van der Waals surface area contributed by atoms with Gasteiger partial charge >= 0.3 is 0 Å². The highest BCUT2D eigenvalue weighted by Crippen LogP contribution is 2.28. The van der Waals surface area contributed by atoms with Crippen LogP contribution in [0.4, 0.5) is 5.69 Å². The molecule has 1 aromatic heterocycles. The van der Waals surface area contributed by atoms with Crippen LogP contribution in [0, 0.1) is 13.8 Å². The van der Waals surface area contributed by atoms with Crippen molar-refractivity contribution >= 4 is 22.7 Å². The zero-order chi connectivity index (χ0) is 22.7. The maximum absolute atomic E-state index is 12.3. The SMILES string of the molecule is CC[C@@H](C)c1ccc(OCC(=O)Nc2ccc(-c3nc4cc(C)cc(C)c4o3)cc2)cc1. The van der Waals surface area contributed by atoms with Crippen molar-refractivity contribution in [3.8, 4) is 17.2 Å². The van der Waals surface area contributed by atoms with Crippen LogP contribution in [0.2, 0.25) is 0 Å². The van der Waals surface area contributed by atoms with Gasteiger partial charge in [-0.05, 0) is 85.3 Å². The maximum Gasteiger partial charge on any atom is 0.262 e. The summed E-state index contributed by atoms with van der Waals surface area (Å²) in [5.74, 6) is 1.55. The van der Waals surface area contributed by atoms with Gasteiger partial charge in [-0.15, -0.1) is 0 Å². The van der Waals surface area contributed by atoms with Crippen molar-refractivity contribution in [1.82, 2.24) is 4.98 Å². The number of amides is 1. The molecule has 5 heteroatoms. The third-order valence-corrected chi connectivity index (χ3v) is 5.67. The highest BCUT2D eigenvalue weighted by molar-refractivity contribution is 5.92. The Bertz CT molecular complexity index is 1220. The van der Waals surface area contributed by atoms with E-state index in [9.17, 15) is 4.79 Å². The molecule has 1 heterocycles. The normalized spacial score (nSPS) is 12.0. The summed E-state index contributed by atoms with van der Waals surface area (Å²) in [5, 5.41) is 2.86. The lowest BCUT2D eigenvalue weighted by molar-refractivity contribution is -0.118. The summed E-state index contributed by atoms with van der Waals surface area (Å²) >= 11 is 0. The summed E-state index contributed by atoms with van der Waals surface area (Å²) < 4.78 is 11.6. The van der Waals surface area contributed by atoms with Crippen LogP contribution in [-0.2, 0) is 4.79 Å². The average molecular weight is 429 g/mol. The van der Waals surface area contributed by atoms with Gasteiger partial charge in [0.15, 0.2) is 12.2 Å². The second-order valence-corrected chi connectivity index (χ2v) is 8.24. The van der Waals surface area contributed by atoms with Crippen LogP contribution in [-0.4, -0.2) is 17.5 Å². The van der Waals surface area contributed by atoms with E-state index in [-0.39, 0.29) is 12.5 Å². The summed E-state index contributed by atoms with van der Waals surface area (Å²) in [7, 11) is 0. The molecule has 4 aromatic rings. The zero-order valence-corrected chi connectivity index (χ0v) is 18.9. The number of benzene rings is 3. The van der Waals surface area contributed by atoms with Gasteiger partial charge in [0.2, 0.25) is 5.89 Å². The molecule has 0 unspecified atom stereocenters. The molecule has 3 aromatic carbocycles. The minimum absolute atomic E-state index is 0.0474. The second-order valence-electron chi connectivity index (χ2n) is 8.24. The molecule has 0 radical (unpaired) electrons. The monoisotopic (exact) mass is 428 g/mol. The molecule has 4 rings (SSSR count). The first kappa shape index (κ1) is 21.6. The average Bonchev–Trinajstić information content (AvgIpc) is 3.22. The summed E-state index contributed by atoms with van der Waals surface area (Å²) in [6.07, 6.45) is 1.09. The van der Waals surface area contributed by atoms with Gasteiger partial charge in [0, 0.05) is 11.3 Å². The Morgan fingerprint density at radius 1 is 1.06 bits per heavy atom. The van der Waals surface area contributed by atoms with Crippen molar-refractivity contribution < 1.29 is 13.9 Å². The van der Waals surface area contributed by atoms with Crippen LogP contribution in [0.25, 0.3) is 22.6 Å². The van der Waals surface area contributed by atoms with Crippen LogP contribution < -0.4 is 10.1 Å². The lowest BCUT2D eigenvalue weighted by Crippen LogP contribution is -2.20. The lowest BCUT2D eigenvalue weighted by Gasteiger charge is -2.11. The van der Waals surface area contributed by atoms with E-state index in [4.69, 9.17) is 9.15 Å². The standard InChI is InChI=1S/C27H28N2O3/c1-5-18(3)20-8-12-23(13-9-20)31-16-25(30)28-22-10-6-21(7-11-22)27-29-24-15-17(2)14-19(4)26(24)32-27/h6-15,18H,5,16H2,1-4H3,(H,28,30)/t18-/m1/s1. The number of ether oxygens (including phenoxy) is 1. The molecule has 0 aliphatic carbocycles. The molecule has 164 valence electrons. The maximum atomic E-state index is 12.3. The third-order valence-electron chi connectivity index (χ3n) is 5.67. The summed E-state index contributed by atoms with van der Waals surface area (Å²) in [6, 6.07) is 19.5. The molecular weight excluding hydrogens is 400 g/mol. The van der Waals surface area contributed by atoms with Gasteiger partial charge in [0.1, 0.15) is 11.3 Å². The number of aromatic nitrogens is 1. The van der Waals surface area contributed by atoms with Crippen LogP contribution >= 0.6 is 0 Å². The fourth-order valence-electron chi connectivity index (χ4n) is 3.67. The van der Waals surface area contributed by atoms with E-state index in [1.54, 1.807) is 0 Å². The molecule has 0 aliphatic heterocycles. The Labute approximate surface area is 188 Å². The molecule has 0 bridgehead atoms. The van der Waals surface area contributed by atoms with Gasteiger partial charge in [0.25, 0.3) is 5.91 Å². The number of aryl methyl sites for hydroxylation is 2. The topological polar surface area (TPSA) is 64.4 Å². The van der Waals surface area contributed by atoms with E-state index in [0.29, 0.717) is 23.2 Å². The van der Waals surface area contributed by atoms with E-state index in [1.807, 2.05) is 56.3 Å². The molecule has 0 aliphatic rings. The number of anilines is 1. The molecule has 0 saturated heterocycles. The lowest BCUT2D eigenvalue weighted by atomic mass is 9.99. The largest absolute Gasteiger partial charge is 0.484 e.